The largest absolute Gasteiger partial charge is 0.870 e. The van der Waals surface area contributed by atoms with Crippen molar-refractivity contribution in [3.63, 3.8) is 0 Å². The minimum Gasteiger partial charge on any atom is -0.870 e. The number of nitrogens with zero attached hydrogens (tertiary/aromatic N) is 4. The molecule has 1 atom stereocenters. The summed E-state index contributed by atoms with van der Waals surface area (Å²) in [5.74, 6) is 0. The Morgan fingerprint density at radius 1 is 0.912 bits per heavy atom. The Kier molecular flexibility index (Phi) is 6.85. The van der Waals surface area contributed by atoms with Crippen molar-refractivity contribution in [2.24, 2.45) is 5.14 Å². The molecule has 0 aliphatic rings. The quantitative estimate of drug-likeness (QED) is 0.295. The molecule has 3 N–H and O–H groups in total. The molecule has 2 aromatic heterocycles. The van der Waals surface area contributed by atoms with E-state index in [2.05, 4.69) is 48.4 Å². The van der Waals surface area contributed by atoms with E-state index in [0.29, 0.717) is 4.90 Å². The Morgan fingerprint density at radius 2 is 1.65 bits per heavy atom. The zero-order valence-corrected chi connectivity index (χ0v) is 20.0. The van der Waals surface area contributed by atoms with Crippen LogP contribution in [0.4, 0.5) is 0 Å². The predicted molar refractivity (Wildman–Crippen MR) is 137 cm³/mol. The second kappa shape index (κ2) is 9.82. The van der Waals surface area contributed by atoms with Crippen LogP contribution in [0, 0.1) is 0 Å². The van der Waals surface area contributed by atoms with Crippen LogP contribution in [-0.4, -0.2) is 45.6 Å². The topological polar surface area (TPSA) is 107 Å². The smallest absolute Gasteiger partial charge is 0.182 e. The van der Waals surface area contributed by atoms with Crippen LogP contribution in [-0.2, 0) is 21.6 Å². The van der Waals surface area contributed by atoms with Gasteiger partial charge in [0.15, 0.2) is 21.5 Å². The molecule has 1 unspecified atom stereocenters. The number of aromatic nitrogens is 3. The molecule has 2 heterocycles. The number of hydrogen-bond acceptors (Lipinski definition) is 5. The zero-order chi connectivity index (χ0) is 22.9. The van der Waals surface area contributed by atoms with Gasteiger partial charge in [-0.3, -0.25) is 0 Å². The standard InChI is InChI=1S/C26H25N5OS.H2O/c1-30(2)14-13-18-7-9-19(10-8-18)20-15-28-26-24(16-29-31(26)17-20)22-11-12-25(33(27)32)23-6-4-3-5-21(22)23;/h3-12,15-17H,13-14H2,1-2H3,(H2,27,32);1H2. The summed E-state index contributed by atoms with van der Waals surface area (Å²) in [6, 6.07) is 20.3. The minimum absolute atomic E-state index is 0. The molecule has 0 spiro atoms. The van der Waals surface area contributed by atoms with Gasteiger partial charge in [-0.2, -0.15) is 5.10 Å². The maximum absolute atomic E-state index is 12.0. The lowest BCUT2D eigenvalue weighted by Crippen LogP contribution is -2.14. The van der Waals surface area contributed by atoms with Gasteiger partial charge in [-0.05, 0) is 60.8 Å². The van der Waals surface area contributed by atoms with Crippen LogP contribution in [0.3, 0.4) is 0 Å². The normalized spacial score (nSPS) is 12.2. The van der Waals surface area contributed by atoms with E-state index >= 15 is 0 Å². The Balaban J connectivity index is 0.00000274. The average molecular weight is 474 g/mol. The van der Waals surface area contributed by atoms with Gasteiger partial charge in [-0.15, -0.1) is 5.14 Å². The van der Waals surface area contributed by atoms with Crippen LogP contribution < -0.4 is 5.14 Å². The third kappa shape index (κ3) is 4.49. The number of likely N-dealkylation sites (N-methyl/N-ethyl adjacent to an activating group) is 1. The van der Waals surface area contributed by atoms with Crippen molar-refractivity contribution in [3.8, 4) is 22.3 Å². The van der Waals surface area contributed by atoms with Gasteiger partial charge < -0.3 is 10.4 Å². The second-order valence-corrected chi connectivity index (χ2v) is 9.56. The second-order valence-electron chi connectivity index (χ2n) is 8.42. The molecule has 5 rings (SSSR count). The fourth-order valence-corrected chi connectivity index (χ4v) is 4.79. The Morgan fingerprint density at radius 3 is 2.35 bits per heavy atom. The summed E-state index contributed by atoms with van der Waals surface area (Å²) in [6.45, 7) is 1.03. The summed E-state index contributed by atoms with van der Waals surface area (Å²) >= 11 is 0. The number of nitrogens with two attached hydrogens (primary N) is 1. The molecule has 5 aromatic rings. The van der Waals surface area contributed by atoms with Gasteiger partial charge >= 0.3 is 0 Å². The molecular weight excluding hydrogens is 446 g/mol. The molecule has 34 heavy (non-hydrogen) atoms. The molecule has 0 aliphatic carbocycles. The van der Waals surface area contributed by atoms with Crippen LogP contribution in [0.1, 0.15) is 5.56 Å². The third-order valence-corrected chi connectivity index (χ3v) is 6.78. The first-order valence-corrected chi connectivity index (χ1v) is 12.2. The van der Waals surface area contributed by atoms with E-state index in [0.717, 1.165) is 51.6 Å². The van der Waals surface area contributed by atoms with E-state index < -0.39 is 11.0 Å². The first-order valence-electron chi connectivity index (χ1n) is 10.8. The summed E-state index contributed by atoms with van der Waals surface area (Å²) in [5.41, 5.74) is 6.13. The highest BCUT2D eigenvalue weighted by atomic mass is 32.2. The van der Waals surface area contributed by atoms with Crippen molar-refractivity contribution < 1.29 is 9.69 Å². The van der Waals surface area contributed by atoms with Crippen molar-refractivity contribution in [2.45, 2.75) is 11.3 Å². The monoisotopic (exact) mass is 473 g/mol. The van der Waals surface area contributed by atoms with Crippen LogP contribution in [0.5, 0.6) is 0 Å². The van der Waals surface area contributed by atoms with Crippen molar-refractivity contribution in [2.75, 3.05) is 20.6 Å². The van der Waals surface area contributed by atoms with Gasteiger partial charge in [-0.25, -0.2) is 9.50 Å². The van der Waals surface area contributed by atoms with Crippen molar-refractivity contribution in [3.05, 3.63) is 84.8 Å². The summed E-state index contributed by atoms with van der Waals surface area (Å²) in [7, 11) is 2.25. The van der Waals surface area contributed by atoms with Crippen LogP contribution >= 0.6 is 0 Å². The van der Waals surface area contributed by atoms with E-state index in [-0.39, 0.29) is 5.48 Å². The molecule has 0 bridgehead atoms. The summed E-state index contributed by atoms with van der Waals surface area (Å²) in [4.78, 5) is 7.60. The average Bonchev–Trinajstić information content (AvgIpc) is 3.25. The lowest BCUT2D eigenvalue weighted by atomic mass is 10.00. The predicted octanol–water partition coefficient (Wildman–Crippen LogP) is 4.07. The molecule has 0 amide bonds. The van der Waals surface area contributed by atoms with Gasteiger partial charge in [0.05, 0.1) is 6.20 Å². The van der Waals surface area contributed by atoms with Gasteiger partial charge in [0, 0.05) is 35.5 Å². The van der Waals surface area contributed by atoms with E-state index in [1.165, 1.54) is 5.56 Å². The molecule has 3 aromatic carbocycles. The molecule has 8 heteroatoms. The molecule has 0 saturated heterocycles. The minimum atomic E-state index is -1.93. The maximum Gasteiger partial charge on any atom is 0.182 e. The number of benzene rings is 3. The van der Waals surface area contributed by atoms with E-state index in [1.807, 2.05) is 59.5 Å². The number of hydrogen-bond donors (Lipinski definition) is 1. The Bertz CT molecular complexity index is 1480. The van der Waals surface area contributed by atoms with Gasteiger partial charge in [0.1, 0.15) is 0 Å². The maximum atomic E-state index is 12.0. The zero-order valence-electron chi connectivity index (χ0n) is 19.1. The first-order chi connectivity index (χ1) is 16.0. The fourth-order valence-electron chi connectivity index (χ4n) is 4.14. The Hall–Kier alpha value is -3.43. The molecule has 0 radical (unpaired) electrons. The van der Waals surface area contributed by atoms with Gasteiger partial charge in [0.25, 0.3) is 0 Å². The summed E-state index contributed by atoms with van der Waals surface area (Å²) < 4.78 is 13.8. The van der Waals surface area contributed by atoms with Gasteiger partial charge in [-0.1, -0.05) is 46.7 Å². The molecular formula is C26H27N5O2S. The summed E-state index contributed by atoms with van der Waals surface area (Å²) in [5, 5.41) is 12.2. The van der Waals surface area contributed by atoms with Crippen molar-refractivity contribution in [1.29, 1.82) is 0 Å². The number of fused-ring (bicyclic) bond motifs is 2. The molecule has 0 fully saturated rings. The highest BCUT2D eigenvalue weighted by Gasteiger charge is 2.17. The fraction of sp³-hybridized carbons (Fsp3) is 0.154. The van der Waals surface area contributed by atoms with Crippen LogP contribution in [0.15, 0.2) is 84.1 Å². The third-order valence-electron chi connectivity index (χ3n) is 5.92. The lowest BCUT2D eigenvalue weighted by Gasteiger charge is -2.10. The van der Waals surface area contributed by atoms with E-state index in [4.69, 9.17) is 10.1 Å². The van der Waals surface area contributed by atoms with Crippen molar-refractivity contribution in [1.82, 2.24) is 19.5 Å². The van der Waals surface area contributed by atoms with Crippen LogP contribution in [0.2, 0.25) is 0 Å². The first kappa shape index (κ1) is 23.7. The molecule has 0 aliphatic heterocycles. The Labute approximate surface area is 200 Å². The lowest BCUT2D eigenvalue weighted by molar-refractivity contribution is 0.413. The molecule has 7 nitrogen and oxygen atoms in total. The highest BCUT2D eigenvalue weighted by Crippen LogP contribution is 2.34. The number of rotatable bonds is 6. The SMILES string of the molecule is CN(C)CCc1ccc(-c2cnc3c(-c4ccc([SH+](N)=O)c5ccccc45)cnn3c2)cc1.[OH-]. The van der Waals surface area contributed by atoms with Gasteiger partial charge in [0.2, 0.25) is 0 Å². The van der Waals surface area contributed by atoms with Crippen molar-refractivity contribution >= 4 is 27.4 Å². The number of thiol groups is 1. The summed E-state index contributed by atoms with van der Waals surface area (Å²) in [6.07, 6.45) is 6.76. The molecule has 0 saturated carbocycles. The molecule has 174 valence electrons. The van der Waals surface area contributed by atoms with Crippen LogP contribution in [0.25, 0.3) is 38.7 Å². The van der Waals surface area contributed by atoms with E-state index in [1.54, 1.807) is 0 Å². The highest BCUT2D eigenvalue weighted by molar-refractivity contribution is 7.82. The van der Waals surface area contributed by atoms with E-state index in [9.17, 15) is 4.21 Å².